The summed E-state index contributed by atoms with van der Waals surface area (Å²) in [5, 5.41) is 0. The molecule has 0 amide bonds. The summed E-state index contributed by atoms with van der Waals surface area (Å²) < 4.78 is 0. The quantitative estimate of drug-likeness (QED) is 0.583. The Balaban J connectivity index is 2.37. The summed E-state index contributed by atoms with van der Waals surface area (Å²) in [6.07, 6.45) is 8.55. The van der Waals surface area contributed by atoms with Gasteiger partial charge in [-0.2, -0.15) is 0 Å². The molecule has 5 nitrogen and oxygen atoms in total. The smallest absolute Gasteiger partial charge is 0.115 e. The first-order valence-corrected chi connectivity index (χ1v) is 4.94. The van der Waals surface area contributed by atoms with Gasteiger partial charge in [-0.1, -0.05) is 6.07 Å². The van der Waals surface area contributed by atoms with Gasteiger partial charge in [-0.15, -0.1) is 0 Å². The molecule has 0 aromatic carbocycles. The zero-order valence-electron chi connectivity index (χ0n) is 8.96. The number of nitrogens with one attached hydrogen (secondary N) is 1. The number of nitrogens with zero attached hydrogens (tertiary/aromatic N) is 3. The fourth-order valence-electron chi connectivity index (χ4n) is 1.58. The van der Waals surface area contributed by atoms with Gasteiger partial charge in [-0.3, -0.25) is 10.8 Å². The number of nitrogens with two attached hydrogens (primary N) is 1. The summed E-state index contributed by atoms with van der Waals surface area (Å²) in [6.45, 7) is 1.99. The third-order valence-electron chi connectivity index (χ3n) is 2.31. The van der Waals surface area contributed by atoms with Crippen molar-refractivity contribution in [1.82, 2.24) is 20.4 Å². The Morgan fingerprint density at radius 3 is 2.38 bits per heavy atom. The molecule has 5 heteroatoms. The molecule has 0 aliphatic heterocycles. The van der Waals surface area contributed by atoms with Crippen molar-refractivity contribution in [2.24, 2.45) is 5.84 Å². The van der Waals surface area contributed by atoms with Gasteiger partial charge < -0.3 is 0 Å². The van der Waals surface area contributed by atoms with E-state index in [1.807, 2.05) is 13.0 Å². The maximum Gasteiger partial charge on any atom is 0.115 e. The molecule has 3 N–H and O–H groups in total. The van der Waals surface area contributed by atoms with Gasteiger partial charge in [0.1, 0.15) is 6.33 Å². The van der Waals surface area contributed by atoms with Crippen LogP contribution in [0, 0.1) is 6.92 Å². The predicted molar refractivity (Wildman–Crippen MR) is 60.2 cm³/mol. The van der Waals surface area contributed by atoms with Crippen LogP contribution >= 0.6 is 0 Å². The Bertz CT molecular complexity index is 457. The van der Waals surface area contributed by atoms with Crippen molar-refractivity contribution in [1.29, 1.82) is 0 Å². The molecular formula is C11H13N5. The summed E-state index contributed by atoms with van der Waals surface area (Å²) in [6, 6.07) is 1.90. The third-order valence-corrected chi connectivity index (χ3v) is 2.31. The second-order valence-electron chi connectivity index (χ2n) is 3.57. The number of hydrogen-bond acceptors (Lipinski definition) is 5. The van der Waals surface area contributed by atoms with E-state index in [0.29, 0.717) is 0 Å². The predicted octanol–water partition coefficient (Wildman–Crippen LogP) is 0.733. The second kappa shape index (κ2) is 4.78. The number of hydrogen-bond donors (Lipinski definition) is 2. The minimum atomic E-state index is -0.131. The largest absolute Gasteiger partial charge is 0.271 e. The van der Waals surface area contributed by atoms with Crippen LogP contribution in [-0.2, 0) is 0 Å². The fourth-order valence-corrected chi connectivity index (χ4v) is 1.58. The molecule has 16 heavy (non-hydrogen) atoms. The average molecular weight is 215 g/mol. The number of hydrazine groups is 1. The van der Waals surface area contributed by atoms with Crippen molar-refractivity contribution in [3.8, 4) is 0 Å². The highest BCUT2D eigenvalue weighted by molar-refractivity contribution is 5.28. The van der Waals surface area contributed by atoms with Gasteiger partial charge in [0.15, 0.2) is 0 Å². The molecule has 0 radical (unpaired) electrons. The van der Waals surface area contributed by atoms with Gasteiger partial charge in [0, 0.05) is 30.4 Å². The van der Waals surface area contributed by atoms with E-state index in [9.17, 15) is 0 Å². The first-order chi connectivity index (χ1) is 7.81. The molecule has 0 aliphatic rings. The molecule has 0 bridgehead atoms. The molecule has 2 rings (SSSR count). The van der Waals surface area contributed by atoms with E-state index in [1.165, 1.54) is 6.33 Å². The Labute approximate surface area is 93.7 Å². The molecule has 82 valence electrons. The van der Waals surface area contributed by atoms with Crippen LogP contribution in [0.2, 0.25) is 0 Å². The van der Waals surface area contributed by atoms with Gasteiger partial charge in [-0.25, -0.2) is 15.4 Å². The van der Waals surface area contributed by atoms with Crippen molar-refractivity contribution in [3.63, 3.8) is 0 Å². The van der Waals surface area contributed by atoms with Crippen LogP contribution in [-0.4, -0.2) is 15.0 Å². The Morgan fingerprint density at radius 2 is 1.75 bits per heavy atom. The van der Waals surface area contributed by atoms with Gasteiger partial charge in [0.2, 0.25) is 0 Å². The molecule has 0 spiro atoms. The molecule has 2 heterocycles. The van der Waals surface area contributed by atoms with E-state index in [4.69, 9.17) is 5.84 Å². The number of aryl methyl sites for hydroxylation is 1. The van der Waals surface area contributed by atoms with Crippen LogP contribution < -0.4 is 11.3 Å². The Morgan fingerprint density at radius 1 is 1.06 bits per heavy atom. The standard InChI is InChI=1S/C11H13N5/c1-8-2-9(4-13-3-8)11(16-12)10-5-14-7-15-6-10/h2-7,11,16H,12H2,1H3. The van der Waals surface area contributed by atoms with Crippen LogP contribution in [0.1, 0.15) is 22.7 Å². The van der Waals surface area contributed by atoms with E-state index in [-0.39, 0.29) is 6.04 Å². The van der Waals surface area contributed by atoms with Crippen LogP contribution in [0.3, 0.4) is 0 Å². The number of rotatable bonds is 3. The lowest BCUT2D eigenvalue weighted by atomic mass is 10.0. The molecule has 2 aromatic heterocycles. The zero-order chi connectivity index (χ0) is 11.4. The summed E-state index contributed by atoms with van der Waals surface area (Å²) >= 11 is 0. The second-order valence-corrected chi connectivity index (χ2v) is 3.57. The van der Waals surface area contributed by atoms with Crippen LogP contribution in [0.15, 0.2) is 37.2 Å². The van der Waals surface area contributed by atoms with Crippen LogP contribution in [0.5, 0.6) is 0 Å². The van der Waals surface area contributed by atoms with E-state index in [1.54, 1.807) is 24.8 Å². The minimum Gasteiger partial charge on any atom is -0.271 e. The monoisotopic (exact) mass is 215 g/mol. The summed E-state index contributed by atoms with van der Waals surface area (Å²) in [7, 11) is 0. The molecule has 0 saturated carbocycles. The molecule has 1 unspecified atom stereocenters. The summed E-state index contributed by atoms with van der Waals surface area (Å²) in [5.41, 5.74) is 5.75. The normalized spacial score (nSPS) is 12.4. The lowest BCUT2D eigenvalue weighted by Crippen LogP contribution is -2.29. The lowest BCUT2D eigenvalue weighted by molar-refractivity contribution is 0.629. The topological polar surface area (TPSA) is 76.7 Å². The summed E-state index contributed by atoms with van der Waals surface area (Å²) in [4.78, 5) is 12.1. The van der Waals surface area contributed by atoms with Crippen molar-refractivity contribution >= 4 is 0 Å². The highest BCUT2D eigenvalue weighted by Gasteiger charge is 2.12. The van der Waals surface area contributed by atoms with Crippen LogP contribution in [0.4, 0.5) is 0 Å². The molecule has 0 fully saturated rings. The Hall–Kier alpha value is -1.85. The molecule has 1 atom stereocenters. The maximum atomic E-state index is 5.55. The first-order valence-electron chi connectivity index (χ1n) is 4.94. The van der Waals surface area contributed by atoms with E-state index in [2.05, 4.69) is 20.4 Å². The summed E-state index contributed by atoms with van der Waals surface area (Å²) in [5.74, 6) is 5.55. The van der Waals surface area contributed by atoms with Crippen molar-refractivity contribution in [3.05, 3.63) is 53.9 Å². The van der Waals surface area contributed by atoms with Gasteiger partial charge in [0.05, 0.1) is 6.04 Å². The number of aromatic nitrogens is 3. The van der Waals surface area contributed by atoms with Gasteiger partial charge in [0.25, 0.3) is 0 Å². The van der Waals surface area contributed by atoms with Gasteiger partial charge in [-0.05, 0) is 18.1 Å². The molecule has 0 saturated heterocycles. The molecule has 0 aliphatic carbocycles. The lowest BCUT2D eigenvalue weighted by Gasteiger charge is -2.15. The van der Waals surface area contributed by atoms with Crippen molar-refractivity contribution < 1.29 is 0 Å². The van der Waals surface area contributed by atoms with Crippen molar-refractivity contribution in [2.75, 3.05) is 0 Å². The SMILES string of the molecule is Cc1cncc(C(NN)c2cncnc2)c1. The maximum absolute atomic E-state index is 5.55. The third kappa shape index (κ3) is 2.21. The Kier molecular flexibility index (Phi) is 3.19. The number of pyridine rings is 1. The highest BCUT2D eigenvalue weighted by atomic mass is 15.2. The van der Waals surface area contributed by atoms with Gasteiger partial charge >= 0.3 is 0 Å². The first kappa shape index (κ1) is 10.7. The minimum absolute atomic E-state index is 0.131. The zero-order valence-corrected chi connectivity index (χ0v) is 8.96. The average Bonchev–Trinajstić information content (AvgIpc) is 2.31. The fraction of sp³-hybridized carbons (Fsp3) is 0.182. The van der Waals surface area contributed by atoms with E-state index < -0.39 is 0 Å². The molecular weight excluding hydrogens is 202 g/mol. The highest BCUT2D eigenvalue weighted by Crippen LogP contribution is 2.19. The van der Waals surface area contributed by atoms with E-state index >= 15 is 0 Å². The van der Waals surface area contributed by atoms with E-state index in [0.717, 1.165) is 16.7 Å². The van der Waals surface area contributed by atoms with Crippen molar-refractivity contribution in [2.45, 2.75) is 13.0 Å². The molecule has 2 aromatic rings. The van der Waals surface area contributed by atoms with Crippen LogP contribution in [0.25, 0.3) is 0 Å².